The van der Waals surface area contributed by atoms with Gasteiger partial charge in [-0.15, -0.1) is 0 Å². The molecule has 0 aromatic heterocycles. The Bertz CT molecular complexity index is 440. The van der Waals surface area contributed by atoms with Crippen LogP contribution in [-0.2, 0) is 4.74 Å². The zero-order chi connectivity index (χ0) is 14.5. The number of hydrogen-bond donors (Lipinski definition) is 0. The molecule has 0 radical (unpaired) electrons. The van der Waals surface area contributed by atoms with Crippen molar-refractivity contribution in [3.8, 4) is 5.75 Å². The van der Waals surface area contributed by atoms with Crippen molar-refractivity contribution >= 4 is 0 Å². The third-order valence-electron chi connectivity index (χ3n) is 3.78. The average Bonchev–Trinajstić information content (AvgIpc) is 2.45. The van der Waals surface area contributed by atoms with Gasteiger partial charge in [-0.05, 0) is 37.8 Å². The highest BCUT2D eigenvalue weighted by Crippen LogP contribution is 2.33. The van der Waals surface area contributed by atoms with E-state index in [1.54, 1.807) is 6.07 Å². The molecule has 1 fully saturated rings. The summed E-state index contributed by atoms with van der Waals surface area (Å²) in [5, 5.41) is 0. The molecule has 2 nitrogen and oxygen atoms in total. The third-order valence-corrected chi connectivity index (χ3v) is 3.78. The Kier molecular flexibility index (Phi) is 5.35. The molecule has 20 heavy (non-hydrogen) atoms. The topological polar surface area (TPSA) is 18.5 Å². The van der Waals surface area contributed by atoms with Crippen molar-refractivity contribution in [3.05, 3.63) is 29.3 Å². The van der Waals surface area contributed by atoms with E-state index >= 15 is 0 Å². The Morgan fingerprint density at radius 2 is 2.05 bits per heavy atom. The molecule has 0 N–H and O–H groups in total. The molecule has 2 atom stereocenters. The minimum Gasteiger partial charge on any atom is -0.490 e. The molecule has 1 aliphatic heterocycles. The lowest BCUT2D eigenvalue weighted by molar-refractivity contribution is 0.0146. The quantitative estimate of drug-likeness (QED) is 0.745. The van der Waals surface area contributed by atoms with Crippen molar-refractivity contribution in [2.75, 3.05) is 13.2 Å². The number of hydrogen-bond acceptors (Lipinski definition) is 2. The molecule has 1 aromatic rings. The van der Waals surface area contributed by atoms with Crippen molar-refractivity contribution in [1.29, 1.82) is 0 Å². The summed E-state index contributed by atoms with van der Waals surface area (Å²) >= 11 is 0. The van der Waals surface area contributed by atoms with Gasteiger partial charge in [0, 0.05) is 5.92 Å². The van der Waals surface area contributed by atoms with E-state index in [1.807, 2.05) is 13.8 Å². The van der Waals surface area contributed by atoms with Crippen LogP contribution in [0.5, 0.6) is 5.75 Å². The van der Waals surface area contributed by atoms with Gasteiger partial charge in [-0.3, -0.25) is 0 Å². The molecule has 1 aromatic carbocycles. The normalized spacial score (nSPS) is 22.8. The molecular formula is C16H22F2O2. The summed E-state index contributed by atoms with van der Waals surface area (Å²) in [4.78, 5) is 0. The first-order chi connectivity index (χ1) is 9.63. The molecule has 0 aliphatic carbocycles. The van der Waals surface area contributed by atoms with Crippen LogP contribution in [0.4, 0.5) is 8.78 Å². The molecule has 1 saturated heterocycles. The fraction of sp³-hybridized carbons (Fsp3) is 0.625. The summed E-state index contributed by atoms with van der Waals surface area (Å²) in [5.74, 6) is -1.73. The summed E-state index contributed by atoms with van der Waals surface area (Å²) in [7, 11) is 0. The molecule has 1 heterocycles. The highest BCUT2D eigenvalue weighted by molar-refractivity contribution is 5.33. The van der Waals surface area contributed by atoms with Crippen LogP contribution in [0.15, 0.2) is 12.1 Å². The summed E-state index contributed by atoms with van der Waals surface area (Å²) in [6, 6.07) is 3.16. The van der Waals surface area contributed by atoms with E-state index in [0.717, 1.165) is 25.7 Å². The first-order valence-corrected chi connectivity index (χ1v) is 7.35. The zero-order valence-electron chi connectivity index (χ0n) is 12.1. The molecule has 0 saturated carbocycles. The predicted octanol–water partition coefficient (Wildman–Crippen LogP) is 4.43. The highest BCUT2D eigenvalue weighted by Gasteiger charge is 2.25. The van der Waals surface area contributed by atoms with Crippen LogP contribution >= 0.6 is 0 Å². The second kappa shape index (κ2) is 7.02. The smallest absolute Gasteiger partial charge is 0.200 e. The summed E-state index contributed by atoms with van der Waals surface area (Å²) in [5.41, 5.74) is 0.400. The van der Waals surface area contributed by atoms with E-state index in [4.69, 9.17) is 9.47 Å². The van der Waals surface area contributed by atoms with Crippen LogP contribution in [0.3, 0.4) is 0 Å². The van der Waals surface area contributed by atoms with Crippen LogP contribution in [0.2, 0.25) is 0 Å². The van der Waals surface area contributed by atoms with Crippen molar-refractivity contribution in [2.24, 2.45) is 0 Å². The van der Waals surface area contributed by atoms with Crippen LogP contribution in [-0.4, -0.2) is 19.3 Å². The lowest BCUT2D eigenvalue weighted by Gasteiger charge is -2.27. The van der Waals surface area contributed by atoms with Crippen molar-refractivity contribution in [1.82, 2.24) is 0 Å². The number of unbranched alkanes of at least 4 members (excludes halogenated alkanes) is 1. The van der Waals surface area contributed by atoms with Crippen LogP contribution in [0, 0.1) is 11.6 Å². The monoisotopic (exact) mass is 284 g/mol. The molecule has 1 aliphatic rings. The molecule has 112 valence electrons. The van der Waals surface area contributed by atoms with E-state index in [-0.39, 0.29) is 17.8 Å². The van der Waals surface area contributed by atoms with Gasteiger partial charge in [-0.25, -0.2) is 4.39 Å². The van der Waals surface area contributed by atoms with Gasteiger partial charge in [0.2, 0.25) is 5.82 Å². The standard InChI is InChI=1S/C16H22F2O2/c1-3-4-9-19-14-8-7-13(15(17)16(14)18)12-6-5-11(2)20-10-12/h7-8,11-12H,3-6,9-10H2,1-2H3. The maximum absolute atomic E-state index is 14.1. The third kappa shape index (κ3) is 3.48. The average molecular weight is 284 g/mol. The van der Waals surface area contributed by atoms with Gasteiger partial charge in [0.05, 0.1) is 19.3 Å². The highest BCUT2D eigenvalue weighted by atomic mass is 19.2. The number of ether oxygens (including phenoxy) is 2. The van der Waals surface area contributed by atoms with Gasteiger partial charge < -0.3 is 9.47 Å². The minimum absolute atomic E-state index is 0.00444. The lowest BCUT2D eigenvalue weighted by Crippen LogP contribution is -2.23. The van der Waals surface area contributed by atoms with E-state index in [9.17, 15) is 8.78 Å². The molecule has 0 bridgehead atoms. The van der Waals surface area contributed by atoms with Crippen molar-refractivity contribution in [2.45, 2.75) is 51.6 Å². The fourth-order valence-electron chi connectivity index (χ4n) is 2.43. The molecule has 4 heteroatoms. The fourth-order valence-corrected chi connectivity index (χ4v) is 2.43. The van der Waals surface area contributed by atoms with Crippen molar-refractivity contribution < 1.29 is 18.3 Å². The van der Waals surface area contributed by atoms with E-state index in [1.165, 1.54) is 6.07 Å². The van der Waals surface area contributed by atoms with Gasteiger partial charge in [0.1, 0.15) is 0 Å². The first kappa shape index (κ1) is 15.2. The Morgan fingerprint density at radius 3 is 2.70 bits per heavy atom. The second-order valence-corrected chi connectivity index (χ2v) is 5.40. The molecule has 0 spiro atoms. The number of rotatable bonds is 5. The largest absolute Gasteiger partial charge is 0.490 e. The molecule has 2 unspecified atom stereocenters. The Hall–Kier alpha value is -1.16. The van der Waals surface area contributed by atoms with E-state index in [0.29, 0.717) is 18.8 Å². The Morgan fingerprint density at radius 1 is 1.25 bits per heavy atom. The lowest BCUT2D eigenvalue weighted by atomic mass is 9.91. The summed E-state index contributed by atoms with van der Waals surface area (Å²) in [6.07, 6.45) is 3.70. The maximum atomic E-state index is 14.1. The first-order valence-electron chi connectivity index (χ1n) is 7.35. The second-order valence-electron chi connectivity index (χ2n) is 5.40. The predicted molar refractivity (Wildman–Crippen MR) is 74.2 cm³/mol. The SMILES string of the molecule is CCCCOc1ccc(C2CCC(C)OC2)c(F)c1F. The maximum Gasteiger partial charge on any atom is 0.200 e. The van der Waals surface area contributed by atoms with Gasteiger partial charge in [0.15, 0.2) is 11.6 Å². The van der Waals surface area contributed by atoms with Gasteiger partial charge >= 0.3 is 0 Å². The van der Waals surface area contributed by atoms with Crippen LogP contribution in [0.25, 0.3) is 0 Å². The summed E-state index contributed by atoms with van der Waals surface area (Å²) in [6.45, 7) is 4.88. The van der Waals surface area contributed by atoms with Gasteiger partial charge in [0.25, 0.3) is 0 Å². The molecule has 2 rings (SSSR count). The van der Waals surface area contributed by atoms with E-state index in [2.05, 4.69) is 0 Å². The number of halogens is 2. The molecule has 0 amide bonds. The van der Waals surface area contributed by atoms with Crippen LogP contribution < -0.4 is 4.74 Å². The Balaban J connectivity index is 2.09. The molecular weight excluding hydrogens is 262 g/mol. The van der Waals surface area contributed by atoms with Crippen molar-refractivity contribution in [3.63, 3.8) is 0 Å². The van der Waals surface area contributed by atoms with Gasteiger partial charge in [-0.2, -0.15) is 4.39 Å². The van der Waals surface area contributed by atoms with Gasteiger partial charge in [-0.1, -0.05) is 19.4 Å². The van der Waals surface area contributed by atoms with E-state index < -0.39 is 11.6 Å². The zero-order valence-corrected chi connectivity index (χ0v) is 12.1. The van der Waals surface area contributed by atoms with Crippen LogP contribution in [0.1, 0.15) is 51.0 Å². The number of benzene rings is 1. The minimum atomic E-state index is -0.878. The summed E-state index contributed by atoms with van der Waals surface area (Å²) < 4.78 is 38.9. The Labute approximate surface area is 119 Å².